The fourth-order valence-electron chi connectivity index (χ4n) is 2.27. The number of benzene rings is 1. The number of pyridine rings is 1. The highest BCUT2D eigenvalue weighted by atomic mass is 32.2. The van der Waals surface area contributed by atoms with Crippen molar-refractivity contribution in [3.8, 4) is 5.88 Å². The van der Waals surface area contributed by atoms with Gasteiger partial charge in [0, 0.05) is 23.7 Å². The number of ether oxygens (including phenoxy) is 1. The smallest absolute Gasteiger partial charge is 0.234 e. The van der Waals surface area contributed by atoms with Crippen LogP contribution in [-0.4, -0.2) is 23.3 Å². The number of methoxy groups -OCH3 is 1. The van der Waals surface area contributed by atoms with Gasteiger partial charge in [-0.15, -0.1) is 11.8 Å². The van der Waals surface area contributed by atoms with Crippen molar-refractivity contribution in [1.82, 2.24) is 10.3 Å². The molecule has 0 saturated carbocycles. The molecule has 4 nitrogen and oxygen atoms in total. The molecule has 0 aliphatic carbocycles. The number of hydrogen-bond acceptors (Lipinski definition) is 4. The van der Waals surface area contributed by atoms with Crippen LogP contribution in [0.2, 0.25) is 0 Å². The number of fused-ring (bicyclic) bond motifs is 1. The third-order valence-corrected chi connectivity index (χ3v) is 4.73. The Morgan fingerprint density at radius 2 is 2.24 bits per heavy atom. The maximum atomic E-state index is 12.2. The van der Waals surface area contributed by atoms with Gasteiger partial charge < -0.3 is 10.1 Å². The second kappa shape index (κ2) is 6.18. The van der Waals surface area contributed by atoms with Crippen LogP contribution in [0.15, 0.2) is 47.5 Å². The minimum absolute atomic E-state index is 0.0337. The molecule has 1 aromatic carbocycles. The Hall–Kier alpha value is -2.01. The molecule has 1 aliphatic rings. The van der Waals surface area contributed by atoms with E-state index >= 15 is 0 Å². The van der Waals surface area contributed by atoms with Crippen LogP contribution in [0.3, 0.4) is 0 Å². The summed E-state index contributed by atoms with van der Waals surface area (Å²) in [4.78, 5) is 17.6. The van der Waals surface area contributed by atoms with Gasteiger partial charge in [0.25, 0.3) is 0 Å². The van der Waals surface area contributed by atoms with E-state index in [9.17, 15) is 4.79 Å². The third kappa shape index (κ3) is 3.19. The summed E-state index contributed by atoms with van der Waals surface area (Å²) in [5, 5.41) is 2.94. The first-order chi connectivity index (χ1) is 10.3. The number of aromatic nitrogens is 1. The van der Waals surface area contributed by atoms with Gasteiger partial charge in [-0.3, -0.25) is 4.79 Å². The van der Waals surface area contributed by atoms with Gasteiger partial charge in [-0.25, -0.2) is 4.98 Å². The number of nitrogens with zero attached hydrogens (tertiary/aromatic N) is 1. The molecule has 2 heterocycles. The van der Waals surface area contributed by atoms with E-state index < -0.39 is 0 Å². The number of rotatable bonds is 4. The Morgan fingerprint density at radius 1 is 1.38 bits per heavy atom. The van der Waals surface area contributed by atoms with Crippen molar-refractivity contribution in [1.29, 1.82) is 0 Å². The molecule has 1 aliphatic heterocycles. The molecule has 1 atom stereocenters. The number of hydrogen-bond donors (Lipinski definition) is 1. The molecule has 5 heteroatoms. The summed E-state index contributed by atoms with van der Waals surface area (Å²) < 4.78 is 5.01. The molecule has 0 unspecified atom stereocenters. The van der Waals surface area contributed by atoms with Crippen LogP contribution in [0, 0.1) is 0 Å². The normalized spacial score (nSPS) is 16.3. The van der Waals surface area contributed by atoms with Crippen LogP contribution in [-0.2, 0) is 17.8 Å². The molecule has 2 aromatic rings. The molecule has 0 fully saturated rings. The van der Waals surface area contributed by atoms with Gasteiger partial charge in [0.1, 0.15) is 0 Å². The molecule has 0 radical (unpaired) electrons. The van der Waals surface area contributed by atoms with Gasteiger partial charge in [0.05, 0.1) is 12.4 Å². The fourth-order valence-corrected chi connectivity index (χ4v) is 3.49. The Morgan fingerprint density at radius 3 is 2.95 bits per heavy atom. The Balaban J connectivity index is 1.55. The van der Waals surface area contributed by atoms with Crippen LogP contribution in [0.1, 0.15) is 11.1 Å². The molecule has 1 aromatic heterocycles. The maximum Gasteiger partial charge on any atom is 0.234 e. The van der Waals surface area contributed by atoms with Crippen LogP contribution < -0.4 is 10.1 Å². The number of nitrogens with one attached hydrogen (secondary N) is 1. The highest BCUT2D eigenvalue weighted by molar-refractivity contribution is 8.01. The fraction of sp³-hybridized carbons (Fsp3) is 0.250. The van der Waals surface area contributed by atoms with Crippen LogP contribution in [0.5, 0.6) is 5.88 Å². The van der Waals surface area contributed by atoms with Gasteiger partial charge in [-0.1, -0.05) is 24.3 Å². The zero-order valence-electron chi connectivity index (χ0n) is 11.7. The lowest BCUT2D eigenvalue weighted by Crippen LogP contribution is -2.32. The van der Waals surface area contributed by atoms with Crippen LogP contribution in [0.25, 0.3) is 0 Å². The maximum absolute atomic E-state index is 12.2. The highest BCUT2D eigenvalue weighted by Crippen LogP contribution is 2.36. The van der Waals surface area contributed by atoms with Crippen LogP contribution in [0.4, 0.5) is 0 Å². The first kappa shape index (κ1) is 13.9. The van der Waals surface area contributed by atoms with Crippen molar-refractivity contribution in [2.75, 3.05) is 7.11 Å². The van der Waals surface area contributed by atoms with E-state index in [0.717, 1.165) is 12.0 Å². The molecule has 3 rings (SSSR count). The molecule has 108 valence electrons. The minimum atomic E-state index is -0.0337. The zero-order chi connectivity index (χ0) is 14.7. The summed E-state index contributed by atoms with van der Waals surface area (Å²) in [5.74, 6) is 0.652. The minimum Gasteiger partial charge on any atom is -0.481 e. The quantitative estimate of drug-likeness (QED) is 0.942. The lowest BCUT2D eigenvalue weighted by atomic mass is 10.1. The summed E-state index contributed by atoms with van der Waals surface area (Å²) in [6.45, 7) is 0.489. The van der Waals surface area contributed by atoms with Gasteiger partial charge in [-0.05, 0) is 23.6 Å². The standard InChI is InChI=1S/C16H16N2O2S/c1-20-15-7-6-11(9-17-15)10-18-16(19)14-8-12-4-2-3-5-13(12)21-14/h2-7,9,14H,8,10H2,1H3,(H,18,19)/t14-/m1/s1. The van der Waals surface area contributed by atoms with Crippen molar-refractivity contribution >= 4 is 17.7 Å². The second-order valence-corrected chi connectivity index (χ2v) is 6.09. The van der Waals surface area contributed by atoms with Crippen molar-refractivity contribution in [2.45, 2.75) is 23.1 Å². The molecule has 1 N–H and O–H groups in total. The number of amides is 1. The van der Waals surface area contributed by atoms with E-state index in [1.54, 1.807) is 31.1 Å². The van der Waals surface area contributed by atoms with Crippen LogP contribution >= 0.6 is 11.8 Å². The van der Waals surface area contributed by atoms with E-state index in [4.69, 9.17) is 4.74 Å². The van der Waals surface area contributed by atoms with Crippen molar-refractivity contribution < 1.29 is 9.53 Å². The average molecular weight is 300 g/mol. The molecule has 1 amide bonds. The summed E-state index contributed by atoms with van der Waals surface area (Å²) in [6.07, 6.45) is 2.52. The van der Waals surface area contributed by atoms with Crippen molar-refractivity contribution in [3.63, 3.8) is 0 Å². The predicted molar refractivity (Wildman–Crippen MR) is 82.4 cm³/mol. The molecule has 0 bridgehead atoms. The first-order valence-electron chi connectivity index (χ1n) is 6.77. The SMILES string of the molecule is COc1ccc(CNC(=O)[C@H]2Cc3ccccc3S2)cn1. The average Bonchev–Trinajstić information content (AvgIpc) is 2.97. The summed E-state index contributed by atoms with van der Waals surface area (Å²) in [5.41, 5.74) is 2.22. The second-order valence-electron chi connectivity index (χ2n) is 4.84. The molecule has 21 heavy (non-hydrogen) atoms. The van der Waals surface area contributed by atoms with E-state index in [0.29, 0.717) is 12.4 Å². The van der Waals surface area contributed by atoms with Gasteiger partial charge in [-0.2, -0.15) is 0 Å². The largest absolute Gasteiger partial charge is 0.481 e. The summed E-state index contributed by atoms with van der Waals surface area (Å²) in [6, 6.07) is 11.9. The first-order valence-corrected chi connectivity index (χ1v) is 7.65. The zero-order valence-corrected chi connectivity index (χ0v) is 12.5. The molecular formula is C16H16N2O2S. The Kier molecular flexibility index (Phi) is 4.10. The molecule has 0 saturated heterocycles. The van der Waals surface area contributed by atoms with E-state index in [2.05, 4.69) is 22.4 Å². The Bertz CT molecular complexity index is 618. The number of carbonyl (C=O) groups is 1. The molecular weight excluding hydrogens is 284 g/mol. The lowest BCUT2D eigenvalue weighted by Gasteiger charge is -2.10. The van der Waals surface area contributed by atoms with Gasteiger partial charge >= 0.3 is 0 Å². The van der Waals surface area contributed by atoms with Gasteiger partial charge in [0.15, 0.2) is 0 Å². The predicted octanol–water partition coefficient (Wildman–Crippen LogP) is 2.42. The molecule has 0 spiro atoms. The summed E-state index contributed by atoms with van der Waals surface area (Å²) in [7, 11) is 1.58. The summed E-state index contributed by atoms with van der Waals surface area (Å²) >= 11 is 1.64. The Labute approximate surface area is 127 Å². The van der Waals surface area contributed by atoms with Crippen molar-refractivity contribution in [2.24, 2.45) is 0 Å². The van der Waals surface area contributed by atoms with E-state index in [1.165, 1.54) is 10.5 Å². The highest BCUT2D eigenvalue weighted by Gasteiger charge is 2.27. The lowest BCUT2D eigenvalue weighted by molar-refractivity contribution is -0.120. The van der Waals surface area contributed by atoms with Gasteiger partial charge in [0.2, 0.25) is 11.8 Å². The topological polar surface area (TPSA) is 51.2 Å². The monoisotopic (exact) mass is 300 g/mol. The van der Waals surface area contributed by atoms with Crippen molar-refractivity contribution in [3.05, 3.63) is 53.7 Å². The van der Waals surface area contributed by atoms with E-state index in [-0.39, 0.29) is 11.2 Å². The third-order valence-electron chi connectivity index (χ3n) is 3.41. The number of carbonyl (C=O) groups excluding carboxylic acids is 1. The number of thioether (sulfide) groups is 1. The van der Waals surface area contributed by atoms with E-state index in [1.807, 2.05) is 18.2 Å².